The van der Waals surface area contributed by atoms with Crippen molar-refractivity contribution < 1.29 is 14.7 Å². The van der Waals surface area contributed by atoms with E-state index in [2.05, 4.69) is 25.3 Å². The first-order valence-corrected chi connectivity index (χ1v) is 6.41. The molecular weight excluding hydrogens is 276 g/mol. The lowest BCUT2D eigenvalue weighted by Gasteiger charge is -2.32. The number of hydrogen-bond acceptors (Lipinski definition) is 4. The first-order chi connectivity index (χ1) is 10.1. The van der Waals surface area contributed by atoms with Gasteiger partial charge < -0.3 is 25.3 Å². The SMILES string of the molecule is O=C(O)C1Cc2nc[nH]c2CN1C(=O)NCc1cnc[nH]1. The Morgan fingerprint density at radius 3 is 3.00 bits per heavy atom. The van der Waals surface area contributed by atoms with Crippen LogP contribution < -0.4 is 5.32 Å². The lowest BCUT2D eigenvalue weighted by molar-refractivity contribution is -0.142. The van der Waals surface area contributed by atoms with Gasteiger partial charge in [0.1, 0.15) is 6.04 Å². The molecule has 3 rings (SSSR count). The highest BCUT2D eigenvalue weighted by Gasteiger charge is 2.35. The maximum absolute atomic E-state index is 12.2. The van der Waals surface area contributed by atoms with Crippen LogP contribution in [0.4, 0.5) is 4.79 Å². The standard InChI is InChI=1S/C12H14N6O3/c19-11(20)10-1-8-9(17-6-16-8)4-18(10)12(21)14-3-7-2-13-5-15-7/h2,5-6,10H,1,3-4H2,(H,13,15)(H,14,21)(H,16,17)(H,19,20). The molecule has 0 aliphatic carbocycles. The highest BCUT2D eigenvalue weighted by molar-refractivity contribution is 5.83. The number of carbonyl (C=O) groups excluding carboxylic acids is 1. The van der Waals surface area contributed by atoms with E-state index < -0.39 is 18.0 Å². The minimum Gasteiger partial charge on any atom is -0.480 e. The zero-order valence-electron chi connectivity index (χ0n) is 11.0. The van der Waals surface area contributed by atoms with E-state index in [1.165, 1.54) is 17.6 Å². The number of aromatic nitrogens is 4. The first kappa shape index (κ1) is 13.2. The number of carboxylic acids is 1. The minimum absolute atomic E-state index is 0.196. The van der Waals surface area contributed by atoms with Crippen molar-refractivity contribution in [3.05, 3.63) is 35.9 Å². The molecule has 1 atom stereocenters. The normalized spacial score (nSPS) is 17.3. The predicted octanol–water partition coefficient (Wildman–Crippen LogP) is -0.146. The van der Waals surface area contributed by atoms with Gasteiger partial charge >= 0.3 is 12.0 Å². The molecule has 0 saturated heterocycles. The molecule has 1 aliphatic heterocycles. The average molecular weight is 290 g/mol. The average Bonchev–Trinajstić information content (AvgIpc) is 3.13. The van der Waals surface area contributed by atoms with E-state index >= 15 is 0 Å². The van der Waals surface area contributed by atoms with Crippen molar-refractivity contribution in [1.82, 2.24) is 30.2 Å². The Bertz CT molecular complexity index is 650. The third-order valence-corrected chi connectivity index (χ3v) is 3.43. The lowest BCUT2D eigenvalue weighted by Crippen LogP contribution is -2.52. The van der Waals surface area contributed by atoms with E-state index in [4.69, 9.17) is 0 Å². The van der Waals surface area contributed by atoms with Gasteiger partial charge in [0.25, 0.3) is 0 Å². The second-order valence-electron chi connectivity index (χ2n) is 4.75. The molecular formula is C12H14N6O3. The summed E-state index contributed by atoms with van der Waals surface area (Å²) in [6.45, 7) is 0.457. The van der Waals surface area contributed by atoms with Crippen LogP contribution in [0.2, 0.25) is 0 Å². The van der Waals surface area contributed by atoms with Crippen molar-refractivity contribution in [2.75, 3.05) is 0 Å². The van der Waals surface area contributed by atoms with Gasteiger partial charge in [-0.2, -0.15) is 0 Å². The van der Waals surface area contributed by atoms with Gasteiger partial charge in [-0.15, -0.1) is 0 Å². The van der Waals surface area contributed by atoms with Crippen LogP contribution in [-0.2, 0) is 24.3 Å². The molecule has 0 aromatic carbocycles. The van der Waals surface area contributed by atoms with E-state index in [0.717, 1.165) is 11.4 Å². The van der Waals surface area contributed by atoms with Crippen molar-refractivity contribution >= 4 is 12.0 Å². The molecule has 4 N–H and O–H groups in total. The Hall–Kier alpha value is -2.84. The number of rotatable bonds is 3. The predicted molar refractivity (Wildman–Crippen MR) is 70.1 cm³/mol. The van der Waals surface area contributed by atoms with Crippen molar-refractivity contribution in [3.8, 4) is 0 Å². The number of urea groups is 1. The Morgan fingerprint density at radius 2 is 2.29 bits per heavy atom. The molecule has 9 heteroatoms. The molecule has 0 spiro atoms. The van der Waals surface area contributed by atoms with Gasteiger partial charge in [0.15, 0.2) is 0 Å². The second-order valence-corrected chi connectivity index (χ2v) is 4.75. The van der Waals surface area contributed by atoms with E-state index in [1.54, 1.807) is 6.20 Å². The Kier molecular flexibility index (Phi) is 3.30. The van der Waals surface area contributed by atoms with Crippen molar-refractivity contribution in [2.45, 2.75) is 25.6 Å². The van der Waals surface area contributed by atoms with Crippen LogP contribution in [0.15, 0.2) is 18.9 Å². The van der Waals surface area contributed by atoms with Crippen LogP contribution >= 0.6 is 0 Å². The van der Waals surface area contributed by atoms with Crippen LogP contribution in [0.25, 0.3) is 0 Å². The van der Waals surface area contributed by atoms with E-state index in [1.807, 2.05) is 0 Å². The largest absolute Gasteiger partial charge is 0.480 e. The number of fused-ring (bicyclic) bond motifs is 1. The molecule has 3 heterocycles. The highest BCUT2D eigenvalue weighted by atomic mass is 16.4. The summed E-state index contributed by atoms with van der Waals surface area (Å²) in [5.41, 5.74) is 2.21. The van der Waals surface area contributed by atoms with Gasteiger partial charge in [-0.3, -0.25) is 0 Å². The molecule has 0 saturated carbocycles. The third kappa shape index (κ3) is 2.57. The summed E-state index contributed by atoms with van der Waals surface area (Å²) >= 11 is 0. The van der Waals surface area contributed by atoms with Crippen LogP contribution in [0.5, 0.6) is 0 Å². The number of amides is 2. The first-order valence-electron chi connectivity index (χ1n) is 6.41. The summed E-state index contributed by atoms with van der Waals surface area (Å²) in [4.78, 5) is 38.6. The van der Waals surface area contributed by atoms with Gasteiger partial charge in [-0.1, -0.05) is 0 Å². The maximum atomic E-state index is 12.2. The zero-order valence-corrected chi connectivity index (χ0v) is 11.0. The number of aromatic amines is 2. The topological polar surface area (TPSA) is 127 Å². The molecule has 21 heavy (non-hydrogen) atoms. The molecule has 2 aromatic heterocycles. The fraction of sp³-hybridized carbons (Fsp3) is 0.333. The number of aliphatic carboxylic acids is 1. The summed E-state index contributed by atoms with van der Waals surface area (Å²) in [5.74, 6) is -1.04. The number of imidazole rings is 2. The number of nitrogens with zero attached hydrogens (tertiary/aromatic N) is 3. The van der Waals surface area contributed by atoms with Gasteiger partial charge in [-0.05, 0) is 0 Å². The summed E-state index contributed by atoms with van der Waals surface area (Å²) < 4.78 is 0. The second kappa shape index (κ2) is 5.27. The van der Waals surface area contributed by atoms with Crippen molar-refractivity contribution in [2.24, 2.45) is 0 Å². The Morgan fingerprint density at radius 1 is 1.43 bits per heavy atom. The smallest absolute Gasteiger partial charge is 0.326 e. The van der Waals surface area contributed by atoms with Gasteiger partial charge in [-0.25, -0.2) is 19.6 Å². The van der Waals surface area contributed by atoms with Crippen LogP contribution in [0.1, 0.15) is 17.1 Å². The number of hydrogen-bond donors (Lipinski definition) is 4. The molecule has 1 aliphatic rings. The van der Waals surface area contributed by atoms with E-state index in [9.17, 15) is 14.7 Å². The zero-order chi connectivity index (χ0) is 14.8. The Labute approximate surface area is 119 Å². The van der Waals surface area contributed by atoms with Gasteiger partial charge in [0.05, 0.1) is 42.8 Å². The number of nitrogens with one attached hydrogen (secondary N) is 3. The van der Waals surface area contributed by atoms with Crippen molar-refractivity contribution in [3.63, 3.8) is 0 Å². The maximum Gasteiger partial charge on any atom is 0.326 e. The minimum atomic E-state index is -1.04. The number of H-pyrrole nitrogens is 2. The van der Waals surface area contributed by atoms with Gasteiger partial charge in [0, 0.05) is 12.6 Å². The third-order valence-electron chi connectivity index (χ3n) is 3.43. The number of carboxylic acid groups (broad SMARTS) is 1. The summed E-state index contributed by atoms with van der Waals surface area (Å²) in [5, 5.41) is 12.0. The molecule has 2 amide bonds. The summed E-state index contributed by atoms with van der Waals surface area (Å²) in [6.07, 6.45) is 4.82. The molecule has 0 fully saturated rings. The van der Waals surface area contributed by atoms with Crippen LogP contribution in [-0.4, -0.2) is 48.0 Å². The molecule has 9 nitrogen and oxygen atoms in total. The van der Waals surface area contributed by atoms with Crippen molar-refractivity contribution in [1.29, 1.82) is 0 Å². The molecule has 2 aromatic rings. The highest BCUT2D eigenvalue weighted by Crippen LogP contribution is 2.20. The van der Waals surface area contributed by atoms with Crippen LogP contribution in [0, 0.1) is 0 Å². The molecule has 1 unspecified atom stereocenters. The quantitative estimate of drug-likeness (QED) is 0.625. The van der Waals surface area contributed by atoms with Crippen LogP contribution in [0.3, 0.4) is 0 Å². The molecule has 0 bridgehead atoms. The van der Waals surface area contributed by atoms with E-state index in [0.29, 0.717) is 5.69 Å². The summed E-state index contributed by atoms with van der Waals surface area (Å²) in [7, 11) is 0. The molecule has 110 valence electrons. The number of carbonyl (C=O) groups is 2. The fourth-order valence-electron chi connectivity index (χ4n) is 2.32. The monoisotopic (exact) mass is 290 g/mol. The van der Waals surface area contributed by atoms with Gasteiger partial charge in [0.2, 0.25) is 0 Å². The fourth-order valence-corrected chi connectivity index (χ4v) is 2.32. The molecule has 0 radical (unpaired) electrons. The summed E-state index contributed by atoms with van der Waals surface area (Å²) in [6, 6.07) is -1.35. The Balaban J connectivity index is 1.72. The van der Waals surface area contributed by atoms with E-state index in [-0.39, 0.29) is 19.5 Å². The lowest BCUT2D eigenvalue weighted by atomic mass is 10.0.